The van der Waals surface area contributed by atoms with Crippen LogP contribution < -0.4 is 5.32 Å². The molecule has 0 spiro atoms. The van der Waals surface area contributed by atoms with Gasteiger partial charge in [-0.2, -0.15) is 13.2 Å². The Morgan fingerprint density at radius 2 is 1.45 bits per heavy atom. The number of alkyl halides is 3. The highest BCUT2D eigenvalue weighted by Gasteiger charge is 2.34. The number of amides is 1. The van der Waals surface area contributed by atoms with Crippen LogP contribution in [0.5, 0.6) is 0 Å². The number of para-hydroxylation sites is 1. The first-order valence-electron chi connectivity index (χ1n) is 10.2. The lowest BCUT2D eigenvalue weighted by Gasteiger charge is -2.16. The Morgan fingerprint density at radius 3 is 2.12 bits per heavy atom. The number of aromatic nitrogens is 1. The molecular formula is C26H21F3N2OS. The zero-order chi connectivity index (χ0) is 23.6. The van der Waals surface area contributed by atoms with E-state index in [1.165, 1.54) is 16.7 Å². The molecule has 0 bridgehead atoms. The molecule has 0 aliphatic carbocycles. The number of benzene rings is 3. The fourth-order valence-electron chi connectivity index (χ4n) is 3.70. The monoisotopic (exact) mass is 466 g/mol. The predicted octanol–water partition coefficient (Wildman–Crippen LogP) is 7.52. The van der Waals surface area contributed by atoms with Crippen molar-refractivity contribution in [2.24, 2.45) is 0 Å². The Hall–Kier alpha value is -3.45. The van der Waals surface area contributed by atoms with Crippen molar-refractivity contribution in [3.63, 3.8) is 0 Å². The van der Waals surface area contributed by atoms with Crippen molar-refractivity contribution in [1.29, 1.82) is 0 Å². The second-order valence-corrected chi connectivity index (χ2v) is 8.68. The molecule has 3 nitrogen and oxygen atoms in total. The third-order valence-corrected chi connectivity index (χ3v) is 6.23. The number of carbonyl (C=O) groups is 1. The van der Waals surface area contributed by atoms with Crippen LogP contribution in [0.4, 0.5) is 18.9 Å². The third-order valence-electron chi connectivity index (χ3n) is 5.22. The zero-order valence-electron chi connectivity index (χ0n) is 18.0. The number of hydrogen-bond donors (Lipinski definition) is 1. The van der Waals surface area contributed by atoms with Crippen LogP contribution in [0, 0.1) is 13.8 Å². The summed E-state index contributed by atoms with van der Waals surface area (Å²) in [7, 11) is 0. The zero-order valence-corrected chi connectivity index (χ0v) is 18.8. The van der Waals surface area contributed by atoms with Gasteiger partial charge in [-0.1, -0.05) is 42.1 Å². The van der Waals surface area contributed by atoms with Gasteiger partial charge in [0.15, 0.2) is 0 Å². The molecule has 1 N–H and O–H groups in total. The first-order chi connectivity index (χ1) is 15.7. The topological polar surface area (TPSA) is 34.0 Å². The summed E-state index contributed by atoms with van der Waals surface area (Å²) in [4.78, 5) is 15.1. The molecule has 0 fully saturated rings. The van der Waals surface area contributed by atoms with Crippen molar-refractivity contribution in [2.45, 2.75) is 29.8 Å². The highest BCUT2D eigenvalue weighted by Crippen LogP contribution is 2.35. The van der Waals surface area contributed by atoms with Gasteiger partial charge in [0.2, 0.25) is 0 Å². The molecule has 0 radical (unpaired) electrons. The molecular weight excluding hydrogens is 445 g/mol. The smallest absolute Gasteiger partial charge is 0.322 e. The minimum atomic E-state index is -4.50. The van der Waals surface area contributed by atoms with Crippen LogP contribution in [0.2, 0.25) is 0 Å². The molecule has 1 aromatic heterocycles. The fourth-order valence-corrected chi connectivity index (χ4v) is 4.54. The molecule has 3 aromatic carbocycles. The van der Waals surface area contributed by atoms with Gasteiger partial charge in [0.25, 0.3) is 5.91 Å². The molecule has 1 amide bonds. The quantitative estimate of drug-likeness (QED) is 0.330. The first kappa shape index (κ1) is 22.7. The molecule has 0 saturated heterocycles. The van der Waals surface area contributed by atoms with Gasteiger partial charge in [0, 0.05) is 26.9 Å². The normalized spacial score (nSPS) is 11.4. The van der Waals surface area contributed by atoms with Crippen molar-refractivity contribution in [3.05, 3.63) is 107 Å². The van der Waals surface area contributed by atoms with Gasteiger partial charge in [-0.3, -0.25) is 4.79 Å². The van der Waals surface area contributed by atoms with Gasteiger partial charge < -0.3 is 9.88 Å². The number of aryl methyl sites for hydroxylation is 1. The molecule has 4 aromatic rings. The predicted molar refractivity (Wildman–Crippen MR) is 125 cm³/mol. The molecule has 168 valence electrons. The standard InChI is InChI=1S/C26H21F3N2OS/c1-17-16-22(18(2)31(17)24-11-7-6-10-23(24)26(27,28)29)25(32)30-19-12-14-21(15-13-19)33-20-8-4-3-5-9-20/h3-16H,1-2H3,(H,30,32). The number of halogens is 3. The third kappa shape index (κ3) is 4.98. The summed E-state index contributed by atoms with van der Waals surface area (Å²) in [5, 5.41) is 2.84. The number of carbonyl (C=O) groups excluding carboxylic acids is 1. The van der Waals surface area contributed by atoms with Crippen LogP contribution in [0.25, 0.3) is 5.69 Å². The molecule has 4 rings (SSSR count). The van der Waals surface area contributed by atoms with Crippen LogP contribution >= 0.6 is 11.8 Å². The number of nitrogens with one attached hydrogen (secondary N) is 1. The molecule has 7 heteroatoms. The number of rotatable bonds is 5. The van der Waals surface area contributed by atoms with Gasteiger partial charge in [0.1, 0.15) is 0 Å². The fraction of sp³-hybridized carbons (Fsp3) is 0.115. The molecule has 33 heavy (non-hydrogen) atoms. The van der Waals surface area contributed by atoms with E-state index in [1.807, 2.05) is 42.5 Å². The summed E-state index contributed by atoms with van der Waals surface area (Å²) in [6, 6.07) is 24.4. The molecule has 0 aliphatic heterocycles. The van der Waals surface area contributed by atoms with Crippen LogP contribution in [0.15, 0.2) is 94.7 Å². The van der Waals surface area contributed by atoms with Gasteiger partial charge in [0.05, 0.1) is 16.8 Å². The van der Waals surface area contributed by atoms with E-state index in [0.717, 1.165) is 15.9 Å². The summed E-state index contributed by atoms with van der Waals surface area (Å²) in [5.41, 5.74) is 1.18. The minimum Gasteiger partial charge on any atom is -0.322 e. The van der Waals surface area contributed by atoms with Crippen molar-refractivity contribution in [2.75, 3.05) is 5.32 Å². The average molecular weight is 467 g/mol. The molecule has 0 unspecified atom stereocenters. The lowest BCUT2D eigenvalue weighted by Crippen LogP contribution is -2.14. The van der Waals surface area contributed by atoms with E-state index in [9.17, 15) is 18.0 Å². The lowest BCUT2D eigenvalue weighted by atomic mass is 10.1. The van der Waals surface area contributed by atoms with Crippen LogP contribution in [-0.4, -0.2) is 10.5 Å². The lowest BCUT2D eigenvalue weighted by molar-refractivity contribution is -0.137. The van der Waals surface area contributed by atoms with Gasteiger partial charge in [-0.25, -0.2) is 0 Å². The second kappa shape index (κ2) is 9.19. The first-order valence-corrected chi connectivity index (χ1v) is 11.1. The van der Waals surface area contributed by atoms with E-state index < -0.39 is 11.7 Å². The SMILES string of the molecule is Cc1cc(C(=O)Nc2ccc(Sc3ccccc3)cc2)c(C)n1-c1ccccc1C(F)(F)F. The number of anilines is 1. The summed E-state index contributed by atoms with van der Waals surface area (Å²) < 4.78 is 42.0. The van der Waals surface area contributed by atoms with Crippen molar-refractivity contribution in [3.8, 4) is 5.69 Å². The van der Waals surface area contributed by atoms with E-state index in [0.29, 0.717) is 22.6 Å². The molecule has 0 saturated carbocycles. The summed E-state index contributed by atoms with van der Waals surface area (Å²) in [5.74, 6) is -0.373. The van der Waals surface area contributed by atoms with E-state index >= 15 is 0 Å². The van der Waals surface area contributed by atoms with Crippen molar-refractivity contribution in [1.82, 2.24) is 4.57 Å². The largest absolute Gasteiger partial charge is 0.418 e. The van der Waals surface area contributed by atoms with Crippen LogP contribution in [-0.2, 0) is 6.18 Å². The second-order valence-electron chi connectivity index (χ2n) is 7.53. The van der Waals surface area contributed by atoms with Gasteiger partial charge in [-0.05, 0) is 68.4 Å². The van der Waals surface area contributed by atoms with Gasteiger partial charge in [-0.15, -0.1) is 0 Å². The Balaban J connectivity index is 1.56. The maximum Gasteiger partial charge on any atom is 0.418 e. The Labute approximate surface area is 194 Å². The Bertz CT molecular complexity index is 1280. The van der Waals surface area contributed by atoms with E-state index in [-0.39, 0.29) is 11.6 Å². The highest BCUT2D eigenvalue weighted by molar-refractivity contribution is 7.99. The number of hydrogen-bond acceptors (Lipinski definition) is 2. The average Bonchev–Trinajstić information content (AvgIpc) is 3.09. The molecule has 1 heterocycles. The van der Waals surface area contributed by atoms with E-state index in [2.05, 4.69) is 5.32 Å². The van der Waals surface area contributed by atoms with Crippen molar-refractivity contribution >= 4 is 23.4 Å². The Morgan fingerprint density at radius 1 is 0.848 bits per heavy atom. The minimum absolute atomic E-state index is 0.00124. The number of nitrogens with zero attached hydrogens (tertiary/aromatic N) is 1. The summed E-state index contributed by atoms with van der Waals surface area (Å²) >= 11 is 1.61. The summed E-state index contributed by atoms with van der Waals surface area (Å²) in [6.07, 6.45) is -4.50. The van der Waals surface area contributed by atoms with Crippen LogP contribution in [0.1, 0.15) is 27.3 Å². The van der Waals surface area contributed by atoms with E-state index in [4.69, 9.17) is 0 Å². The van der Waals surface area contributed by atoms with E-state index in [1.54, 1.807) is 49.9 Å². The Kier molecular flexibility index (Phi) is 6.33. The van der Waals surface area contributed by atoms with Crippen LogP contribution in [0.3, 0.4) is 0 Å². The summed E-state index contributed by atoms with van der Waals surface area (Å²) in [6.45, 7) is 3.33. The molecule has 0 aliphatic rings. The molecule has 0 atom stereocenters. The van der Waals surface area contributed by atoms with Crippen molar-refractivity contribution < 1.29 is 18.0 Å². The highest BCUT2D eigenvalue weighted by atomic mass is 32.2. The van der Waals surface area contributed by atoms with Gasteiger partial charge >= 0.3 is 6.18 Å². The maximum absolute atomic E-state index is 13.5. The maximum atomic E-state index is 13.5.